The van der Waals surface area contributed by atoms with Crippen LogP contribution in [0.2, 0.25) is 0 Å². The number of hydrogen-bond acceptors (Lipinski definition) is 4. The molecule has 1 aliphatic rings. The summed E-state index contributed by atoms with van der Waals surface area (Å²) < 4.78 is 0. The molecule has 0 spiro atoms. The number of benzene rings is 4. The minimum Gasteiger partial charge on any atom is -0.321 e. The molecule has 2 amide bonds. The summed E-state index contributed by atoms with van der Waals surface area (Å²) in [6.07, 6.45) is 0. The Bertz CT molecular complexity index is 1440. The van der Waals surface area contributed by atoms with E-state index in [0.29, 0.717) is 11.1 Å². The molecule has 0 unspecified atom stereocenters. The largest absolute Gasteiger partial charge is 0.321 e. The third-order valence-corrected chi connectivity index (χ3v) is 6.20. The van der Waals surface area contributed by atoms with Crippen molar-refractivity contribution >= 4 is 34.8 Å². The summed E-state index contributed by atoms with van der Waals surface area (Å²) in [6, 6.07) is 23.6. The van der Waals surface area contributed by atoms with Gasteiger partial charge in [0.05, 0.1) is 22.5 Å². The van der Waals surface area contributed by atoms with E-state index in [1.165, 1.54) is 0 Å². The number of fused-ring (bicyclic) bond motifs is 2. The highest BCUT2D eigenvalue weighted by Crippen LogP contribution is 2.35. The molecule has 0 saturated carbocycles. The Morgan fingerprint density at radius 1 is 0.528 bits per heavy atom. The first kappa shape index (κ1) is 22.9. The molecule has 2 N–H and O–H groups in total. The average Bonchev–Trinajstić information content (AvgIpc) is 2.88. The minimum absolute atomic E-state index is 0.104. The first-order chi connectivity index (χ1) is 17.3. The van der Waals surface area contributed by atoms with Crippen molar-refractivity contribution in [2.45, 2.75) is 13.8 Å². The van der Waals surface area contributed by atoms with Crippen LogP contribution in [0, 0.1) is 13.8 Å². The Hall–Kier alpha value is -4.84. The highest BCUT2D eigenvalue weighted by Gasteiger charge is 2.34. The van der Waals surface area contributed by atoms with Gasteiger partial charge in [0.15, 0.2) is 11.6 Å². The van der Waals surface area contributed by atoms with Crippen molar-refractivity contribution in [1.29, 1.82) is 0 Å². The zero-order valence-corrected chi connectivity index (χ0v) is 19.7. The van der Waals surface area contributed by atoms with Crippen molar-refractivity contribution in [2.75, 3.05) is 10.6 Å². The number of rotatable bonds is 4. The lowest BCUT2D eigenvalue weighted by Gasteiger charge is -2.22. The summed E-state index contributed by atoms with van der Waals surface area (Å²) in [7, 11) is 0. The van der Waals surface area contributed by atoms with E-state index in [1.54, 1.807) is 60.7 Å². The molecule has 5 rings (SSSR count). The van der Waals surface area contributed by atoms with Gasteiger partial charge >= 0.3 is 0 Å². The Morgan fingerprint density at radius 2 is 0.917 bits per heavy atom. The van der Waals surface area contributed by atoms with Crippen molar-refractivity contribution < 1.29 is 19.2 Å². The lowest BCUT2D eigenvalue weighted by molar-refractivity contribution is 0.0978. The Labute approximate surface area is 208 Å². The Kier molecular flexibility index (Phi) is 5.78. The van der Waals surface area contributed by atoms with Crippen LogP contribution in [0.15, 0.2) is 84.9 Å². The molecule has 0 saturated heterocycles. The predicted octanol–water partition coefficient (Wildman–Crippen LogP) is 5.58. The predicted molar refractivity (Wildman–Crippen MR) is 138 cm³/mol. The molecule has 0 heterocycles. The van der Waals surface area contributed by atoms with Gasteiger partial charge in [0.25, 0.3) is 11.8 Å². The highest BCUT2D eigenvalue weighted by atomic mass is 16.2. The third kappa shape index (κ3) is 4.09. The average molecular weight is 475 g/mol. The summed E-state index contributed by atoms with van der Waals surface area (Å²) >= 11 is 0. The SMILES string of the molecule is Cc1ccc(C(=O)Nc2cccc3c2C(=O)c2c(NC(=O)c4ccc(C)cc4)cccc2C3=O)cc1. The van der Waals surface area contributed by atoms with Crippen LogP contribution in [0.4, 0.5) is 11.4 Å². The highest BCUT2D eigenvalue weighted by molar-refractivity contribution is 6.33. The molecule has 0 aromatic heterocycles. The van der Waals surface area contributed by atoms with Crippen molar-refractivity contribution in [2.24, 2.45) is 0 Å². The fourth-order valence-electron chi connectivity index (χ4n) is 4.25. The van der Waals surface area contributed by atoms with Gasteiger partial charge in [0.1, 0.15) is 0 Å². The van der Waals surface area contributed by atoms with Crippen LogP contribution in [-0.4, -0.2) is 23.4 Å². The summed E-state index contributed by atoms with van der Waals surface area (Å²) in [5.74, 6) is -1.58. The van der Waals surface area contributed by atoms with Crippen LogP contribution in [0.5, 0.6) is 0 Å². The zero-order chi connectivity index (χ0) is 25.4. The second kappa shape index (κ2) is 9.07. The Balaban J connectivity index is 1.52. The number of carbonyl (C=O) groups excluding carboxylic acids is 4. The monoisotopic (exact) mass is 474 g/mol. The summed E-state index contributed by atoms with van der Waals surface area (Å²) in [4.78, 5) is 52.9. The molecular weight excluding hydrogens is 452 g/mol. The standard InChI is InChI=1S/C30H22N2O4/c1-17-9-13-19(14-10-17)29(35)31-23-7-3-5-21-25(23)28(34)26-22(27(21)33)6-4-8-24(26)32-30(36)20-15-11-18(2)12-16-20/h3-16H,1-2H3,(H,31,35)(H,32,36). The smallest absolute Gasteiger partial charge is 0.255 e. The molecule has 0 aliphatic heterocycles. The van der Waals surface area contributed by atoms with Crippen LogP contribution >= 0.6 is 0 Å². The van der Waals surface area contributed by atoms with Crippen molar-refractivity contribution in [3.63, 3.8) is 0 Å². The van der Waals surface area contributed by atoms with Gasteiger partial charge in [-0.05, 0) is 50.2 Å². The Morgan fingerprint density at radius 3 is 1.31 bits per heavy atom. The van der Waals surface area contributed by atoms with E-state index in [2.05, 4.69) is 10.6 Å². The van der Waals surface area contributed by atoms with E-state index in [4.69, 9.17) is 0 Å². The van der Waals surface area contributed by atoms with E-state index in [0.717, 1.165) is 11.1 Å². The minimum atomic E-state index is -0.445. The maximum Gasteiger partial charge on any atom is 0.255 e. The van der Waals surface area contributed by atoms with E-state index in [-0.39, 0.29) is 39.4 Å². The molecule has 4 aromatic carbocycles. The zero-order valence-electron chi connectivity index (χ0n) is 19.7. The number of hydrogen-bond donors (Lipinski definition) is 2. The van der Waals surface area contributed by atoms with Crippen LogP contribution in [0.1, 0.15) is 63.7 Å². The molecule has 0 bridgehead atoms. The molecule has 0 fully saturated rings. The van der Waals surface area contributed by atoms with Crippen molar-refractivity contribution in [3.8, 4) is 0 Å². The number of nitrogens with one attached hydrogen (secondary N) is 2. The maximum absolute atomic E-state index is 13.8. The number of ketones is 2. The van der Waals surface area contributed by atoms with Crippen molar-refractivity contribution in [3.05, 3.63) is 129 Å². The first-order valence-electron chi connectivity index (χ1n) is 11.4. The van der Waals surface area contributed by atoms with E-state index in [9.17, 15) is 19.2 Å². The van der Waals surface area contributed by atoms with Gasteiger partial charge < -0.3 is 10.6 Å². The third-order valence-electron chi connectivity index (χ3n) is 6.20. The fourth-order valence-corrected chi connectivity index (χ4v) is 4.25. The summed E-state index contributed by atoms with van der Waals surface area (Å²) in [5.41, 5.74) is 3.98. The molecule has 4 aromatic rings. The number of carbonyl (C=O) groups is 4. The van der Waals surface area contributed by atoms with Crippen molar-refractivity contribution in [1.82, 2.24) is 0 Å². The second-order valence-electron chi connectivity index (χ2n) is 8.75. The molecular formula is C30H22N2O4. The van der Waals surface area contributed by atoms with Gasteiger partial charge in [0.2, 0.25) is 0 Å². The lowest BCUT2D eigenvalue weighted by atomic mass is 9.82. The first-order valence-corrected chi connectivity index (χ1v) is 11.4. The van der Waals surface area contributed by atoms with Gasteiger partial charge in [-0.25, -0.2) is 0 Å². The summed E-state index contributed by atoms with van der Waals surface area (Å²) in [5, 5.41) is 5.56. The van der Waals surface area contributed by atoms with E-state index >= 15 is 0 Å². The quantitative estimate of drug-likeness (QED) is 0.356. The molecule has 6 heteroatoms. The normalized spacial score (nSPS) is 11.9. The molecule has 0 radical (unpaired) electrons. The van der Waals surface area contributed by atoms with Crippen LogP contribution in [0.3, 0.4) is 0 Å². The van der Waals surface area contributed by atoms with E-state index < -0.39 is 17.6 Å². The fraction of sp³-hybridized carbons (Fsp3) is 0.0667. The molecule has 176 valence electrons. The number of aryl methyl sites for hydroxylation is 2. The van der Waals surface area contributed by atoms with Gasteiger partial charge in [-0.2, -0.15) is 0 Å². The molecule has 0 atom stereocenters. The van der Waals surface area contributed by atoms with Gasteiger partial charge in [-0.1, -0.05) is 59.7 Å². The van der Waals surface area contributed by atoms with Crippen LogP contribution in [0.25, 0.3) is 0 Å². The van der Waals surface area contributed by atoms with Gasteiger partial charge in [-0.3, -0.25) is 19.2 Å². The van der Waals surface area contributed by atoms with E-state index in [1.807, 2.05) is 38.1 Å². The number of amides is 2. The van der Waals surface area contributed by atoms with Crippen LogP contribution in [-0.2, 0) is 0 Å². The molecule has 36 heavy (non-hydrogen) atoms. The van der Waals surface area contributed by atoms with Crippen LogP contribution < -0.4 is 10.6 Å². The molecule has 1 aliphatic carbocycles. The lowest BCUT2D eigenvalue weighted by Crippen LogP contribution is -2.26. The number of anilines is 2. The summed E-state index contributed by atoms with van der Waals surface area (Å²) in [6.45, 7) is 3.85. The van der Waals surface area contributed by atoms with Gasteiger partial charge in [0, 0.05) is 22.3 Å². The van der Waals surface area contributed by atoms with Gasteiger partial charge in [-0.15, -0.1) is 0 Å². The topological polar surface area (TPSA) is 92.3 Å². The second-order valence-corrected chi connectivity index (χ2v) is 8.75. The maximum atomic E-state index is 13.8. The molecule has 6 nitrogen and oxygen atoms in total.